The first kappa shape index (κ1) is 32.7. The van der Waals surface area contributed by atoms with E-state index in [1.54, 1.807) is 0 Å². The van der Waals surface area contributed by atoms with Crippen LogP contribution in [-0.2, 0) is 0 Å². The van der Waals surface area contributed by atoms with Crippen LogP contribution in [0.25, 0.3) is 80.7 Å². The van der Waals surface area contributed by atoms with Crippen LogP contribution < -0.4 is 16.0 Å². The molecule has 4 heterocycles. The molecule has 1 fully saturated rings. The van der Waals surface area contributed by atoms with Crippen LogP contribution in [0.5, 0.6) is 0 Å². The van der Waals surface area contributed by atoms with Gasteiger partial charge in [-0.05, 0) is 64.7 Å². The van der Waals surface area contributed by atoms with Crippen molar-refractivity contribution in [1.82, 2.24) is 20.5 Å². The van der Waals surface area contributed by atoms with Crippen LogP contribution in [0.2, 0.25) is 0 Å². The summed E-state index contributed by atoms with van der Waals surface area (Å²) in [4.78, 5) is 0. The topological polar surface area (TPSA) is 54.2 Å². The van der Waals surface area contributed by atoms with Gasteiger partial charge in [-0.2, -0.15) is 0 Å². The molecule has 57 heavy (non-hydrogen) atoms. The van der Waals surface area contributed by atoms with Gasteiger partial charge in [-0.3, -0.25) is 16.0 Å². The van der Waals surface area contributed by atoms with Gasteiger partial charge in [-0.1, -0.05) is 140 Å². The number of aromatic nitrogens is 1. The predicted octanol–water partition coefficient (Wildman–Crippen LogP) is 12.9. The second-order valence-electron chi connectivity index (χ2n) is 15.0. The first-order valence-electron chi connectivity index (χ1n) is 19.5. The Hall–Kier alpha value is -6.54. The van der Waals surface area contributed by atoms with E-state index >= 15 is 0 Å². The third-order valence-corrected chi connectivity index (χ3v) is 13.0. The minimum atomic E-state index is -0.0804. The summed E-state index contributed by atoms with van der Waals surface area (Å²) in [5.74, 6) is 0. The third-order valence-electron chi connectivity index (χ3n) is 11.7. The summed E-state index contributed by atoms with van der Waals surface area (Å²) in [5, 5.41) is 18.9. The van der Waals surface area contributed by atoms with Crippen LogP contribution in [0.15, 0.2) is 186 Å². The van der Waals surface area contributed by atoms with E-state index in [4.69, 9.17) is 4.42 Å². The maximum Gasteiger partial charge on any atom is 0.137 e. The molecule has 272 valence electrons. The van der Waals surface area contributed by atoms with E-state index in [-0.39, 0.29) is 18.5 Å². The van der Waals surface area contributed by atoms with Crippen LogP contribution >= 0.6 is 11.3 Å². The fraction of sp³-hybridized carbons (Fsp3) is 0.0588. The maximum absolute atomic E-state index is 6.65. The number of hydrogen-bond donors (Lipinski definition) is 3. The van der Waals surface area contributed by atoms with E-state index < -0.39 is 0 Å². The van der Waals surface area contributed by atoms with E-state index in [0.717, 1.165) is 33.2 Å². The number of para-hydroxylation sites is 2. The third kappa shape index (κ3) is 5.19. The van der Waals surface area contributed by atoms with E-state index in [1.807, 2.05) is 11.3 Å². The van der Waals surface area contributed by atoms with Crippen LogP contribution in [0.1, 0.15) is 35.2 Å². The molecule has 5 nitrogen and oxygen atoms in total. The normalized spacial score (nSPS) is 17.4. The zero-order chi connectivity index (χ0) is 37.5. The number of rotatable bonds is 5. The quantitative estimate of drug-likeness (QED) is 0.164. The number of furan rings is 1. The maximum atomic E-state index is 6.65. The molecule has 0 aliphatic carbocycles. The molecule has 12 rings (SSSR count). The van der Waals surface area contributed by atoms with Crippen LogP contribution in [-0.4, -0.2) is 4.57 Å². The Morgan fingerprint density at radius 3 is 1.74 bits per heavy atom. The van der Waals surface area contributed by atoms with Gasteiger partial charge in [0.15, 0.2) is 0 Å². The number of hydrogen-bond acceptors (Lipinski definition) is 5. The first-order valence-corrected chi connectivity index (χ1v) is 20.3. The highest BCUT2D eigenvalue weighted by atomic mass is 32.1. The summed E-state index contributed by atoms with van der Waals surface area (Å²) in [7, 11) is 0. The van der Waals surface area contributed by atoms with Crippen LogP contribution in [0, 0.1) is 0 Å². The lowest BCUT2D eigenvalue weighted by Gasteiger charge is -2.39. The van der Waals surface area contributed by atoms with Crippen molar-refractivity contribution >= 4 is 75.3 Å². The predicted molar refractivity (Wildman–Crippen MR) is 237 cm³/mol. The van der Waals surface area contributed by atoms with Gasteiger partial charge >= 0.3 is 0 Å². The van der Waals surface area contributed by atoms with E-state index in [1.165, 1.54) is 64.2 Å². The minimum Gasteiger partial charge on any atom is -0.456 e. The van der Waals surface area contributed by atoms with Crippen molar-refractivity contribution in [3.63, 3.8) is 0 Å². The lowest BCUT2D eigenvalue weighted by atomic mass is 9.97. The van der Waals surface area contributed by atoms with Gasteiger partial charge in [0.2, 0.25) is 0 Å². The number of benzene rings is 8. The van der Waals surface area contributed by atoms with Gasteiger partial charge in [0, 0.05) is 41.9 Å². The highest BCUT2D eigenvalue weighted by molar-refractivity contribution is 7.26. The van der Waals surface area contributed by atoms with Crippen molar-refractivity contribution < 1.29 is 4.42 Å². The van der Waals surface area contributed by atoms with Crippen molar-refractivity contribution in [1.29, 1.82) is 0 Å². The number of thiophene rings is 1. The van der Waals surface area contributed by atoms with Crippen molar-refractivity contribution in [3.8, 4) is 16.8 Å². The lowest BCUT2D eigenvalue weighted by Crippen LogP contribution is -2.54. The molecule has 11 aromatic rings. The minimum absolute atomic E-state index is 0.0309. The second kappa shape index (κ2) is 13.0. The average molecular weight is 753 g/mol. The molecule has 8 aromatic carbocycles. The lowest BCUT2D eigenvalue weighted by molar-refractivity contribution is 0.204. The van der Waals surface area contributed by atoms with Gasteiger partial charge < -0.3 is 8.98 Å². The molecule has 3 N–H and O–H groups in total. The fourth-order valence-electron chi connectivity index (χ4n) is 9.17. The van der Waals surface area contributed by atoms with Gasteiger partial charge in [-0.15, -0.1) is 11.3 Å². The summed E-state index contributed by atoms with van der Waals surface area (Å²) >= 11 is 1.87. The summed E-state index contributed by atoms with van der Waals surface area (Å²) in [6.07, 6.45) is -0.142. The van der Waals surface area contributed by atoms with Crippen molar-refractivity contribution in [3.05, 3.63) is 199 Å². The van der Waals surface area contributed by atoms with Crippen LogP contribution in [0.4, 0.5) is 0 Å². The Morgan fingerprint density at radius 1 is 0.456 bits per heavy atom. The van der Waals surface area contributed by atoms with Gasteiger partial charge in [-0.25, -0.2) is 0 Å². The number of fused-ring (bicyclic) bond motifs is 9. The van der Waals surface area contributed by atoms with Gasteiger partial charge in [0.25, 0.3) is 0 Å². The molecule has 3 aromatic heterocycles. The summed E-state index contributed by atoms with van der Waals surface area (Å²) in [6, 6.07) is 65.4. The van der Waals surface area contributed by atoms with Gasteiger partial charge in [0.1, 0.15) is 11.2 Å². The Morgan fingerprint density at radius 2 is 1.04 bits per heavy atom. The molecular weight excluding hydrogens is 717 g/mol. The zero-order valence-corrected chi connectivity index (χ0v) is 31.6. The number of nitrogens with one attached hydrogen (secondary N) is 3. The highest BCUT2D eigenvalue weighted by Gasteiger charge is 2.31. The Balaban J connectivity index is 1.01. The molecule has 2 unspecified atom stereocenters. The molecule has 0 amide bonds. The van der Waals surface area contributed by atoms with Crippen molar-refractivity contribution in [2.45, 2.75) is 18.5 Å². The number of nitrogens with zero attached hydrogens (tertiary/aromatic N) is 1. The molecule has 0 bridgehead atoms. The summed E-state index contributed by atoms with van der Waals surface area (Å²) < 4.78 is 11.6. The molecule has 6 heteroatoms. The SMILES string of the molecule is c1ccc(C2NC(c3ccccc3)NC(c3cccc4c3sc3ccc(-c5cccc6oc7cccc(-n8c9ccccc9c9ccccc98)c7c56)cc34)N2)cc1. The molecule has 1 saturated heterocycles. The van der Waals surface area contributed by atoms with E-state index in [2.05, 4.69) is 203 Å². The monoisotopic (exact) mass is 752 g/mol. The first-order chi connectivity index (χ1) is 28.3. The Labute approximate surface area is 332 Å². The standard InChI is InChI=1S/C51H36N4OS/c1-3-14-31(15-4-1)49-52-50(32-16-5-2-6-17-32)54-51(53-49)38-22-11-21-37-39-30-33(28-29-45(39)57-48(37)38)34-20-12-26-43-46(34)47-42(25-13-27-44(47)56-43)55-40-23-9-7-18-35(40)36-19-8-10-24-41(36)55/h1-30,49-54H. The highest BCUT2D eigenvalue weighted by Crippen LogP contribution is 2.45. The second-order valence-corrected chi connectivity index (χ2v) is 16.0. The molecule has 0 radical (unpaired) electrons. The molecular formula is C51H36N4OS. The van der Waals surface area contributed by atoms with Gasteiger partial charge in [0.05, 0.1) is 40.6 Å². The molecule has 2 atom stereocenters. The molecule has 1 aliphatic rings. The molecule has 1 aliphatic heterocycles. The van der Waals surface area contributed by atoms with E-state index in [9.17, 15) is 0 Å². The molecule has 0 spiro atoms. The largest absolute Gasteiger partial charge is 0.456 e. The van der Waals surface area contributed by atoms with Crippen molar-refractivity contribution in [2.24, 2.45) is 0 Å². The Bertz CT molecular complexity index is 3210. The summed E-state index contributed by atoms with van der Waals surface area (Å²) in [6.45, 7) is 0. The zero-order valence-electron chi connectivity index (χ0n) is 30.8. The average Bonchev–Trinajstić information content (AvgIpc) is 3.96. The smallest absolute Gasteiger partial charge is 0.137 e. The van der Waals surface area contributed by atoms with Crippen molar-refractivity contribution in [2.75, 3.05) is 0 Å². The Kier molecular flexibility index (Phi) is 7.46. The van der Waals surface area contributed by atoms with Crippen LogP contribution in [0.3, 0.4) is 0 Å². The summed E-state index contributed by atoms with van der Waals surface area (Å²) in [5.41, 5.74) is 11.3. The fourth-order valence-corrected chi connectivity index (χ4v) is 10.4. The van der Waals surface area contributed by atoms with E-state index in [0.29, 0.717) is 0 Å². The molecule has 0 saturated carbocycles.